The molecule has 1 aliphatic heterocycles. The largest absolute Gasteiger partial charge is 0.319 e. The highest BCUT2D eigenvalue weighted by atomic mass is 19.3. The number of rotatable bonds is 8. The summed E-state index contributed by atoms with van der Waals surface area (Å²) in [5.74, 6) is 0.298. The van der Waals surface area contributed by atoms with Crippen molar-refractivity contribution in [1.29, 1.82) is 0 Å². The zero-order valence-corrected chi connectivity index (χ0v) is 25.7. The van der Waals surface area contributed by atoms with Crippen LogP contribution < -0.4 is 4.90 Å². The molecule has 0 amide bonds. The highest BCUT2D eigenvalue weighted by Crippen LogP contribution is 2.31. The van der Waals surface area contributed by atoms with Gasteiger partial charge in [-0.25, -0.2) is 0 Å². The van der Waals surface area contributed by atoms with Gasteiger partial charge in [0.05, 0.1) is 6.54 Å². The van der Waals surface area contributed by atoms with E-state index in [9.17, 15) is 13.6 Å². The van der Waals surface area contributed by atoms with E-state index in [0.29, 0.717) is 29.3 Å². The molecule has 0 aromatic heterocycles. The Morgan fingerprint density at radius 1 is 0.872 bits per heavy atom. The van der Waals surface area contributed by atoms with Gasteiger partial charge in [-0.3, -0.25) is 14.6 Å². The Hall–Kier alpha value is -2.53. The molecule has 0 N–H and O–H groups in total. The third-order valence-corrected chi connectivity index (χ3v) is 6.36. The summed E-state index contributed by atoms with van der Waals surface area (Å²) in [7, 11) is 0. The standard InChI is InChI=1S/C17H17F2N.C9H17NO.2C4H10/c1-12-7-6-9-15(11-12)14(3)20(17(18)19)16-10-5-4-8-13(16)2;1-9(11)8-10-6-4-2-3-5-7-10;2*1-3-4-2/h4-11,17H,3H2,1-2H3;2-8H2,1H3;2*3-4H2,1-2H3. The van der Waals surface area contributed by atoms with Gasteiger partial charge in [-0.05, 0) is 70.0 Å². The van der Waals surface area contributed by atoms with Crippen LogP contribution in [0.15, 0.2) is 55.1 Å². The zero-order valence-electron chi connectivity index (χ0n) is 25.7. The number of aryl methyl sites for hydroxylation is 2. The summed E-state index contributed by atoms with van der Waals surface area (Å²) in [6.07, 6.45) is 10.5. The van der Waals surface area contributed by atoms with Gasteiger partial charge in [-0.1, -0.05) is 115 Å². The van der Waals surface area contributed by atoms with E-state index < -0.39 is 6.55 Å². The molecule has 1 aliphatic rings. The molecule has 39 heavy (non-hydrogen) atoms. The molecule has 0 bridgehead atoms. The van der Waals surface area contributed by atoms with Crippen LogP contribution in [-0.4, -0.2) is 36.9 Å². The number of carbonyl (C=O) groups excluding carboxylic acids is 1. The fourth-order valence-corrected chi connectivity index (χ4v) is 3.77. The van der Waals surface area contributed by atoms with Crippen molar-refractivity contribution >= 4 is 17.2 Å². The van der Waals surface area contributed by atoms with Crippen LogP contribution in [0.2, 0.25) is 0 Å². The number of hydrogen-bond acceptors (Lipinski definition) is 3. The maximum absolute atomic E-state index is 13.5. The van der Waals surface area contributed by atoms with E-state index in [1.165, 1.54) is 51.4 Å². The second-order valence-corrected chi connectivity index (χ2v) is 10.1. The van der Waals surface area contributed by atoms with Crippen molar-refractivity contribution in [2.45, 2.75) is 106 Å². The summed E-state index contributed by atoms with van der Waals surface area (Å²) in [6.45, 7) is 18.3. The Labute approximate surface area is 238 Å². The van der Waals surface area contributed by atoms with Gasteiger partial charge in [0.15, 0.2) is 0 Å². The maximum atomic E-state index is 13.5. The molecule has 220 valence electrons. The summed E-state index contributed by atoms with van der Waals surface area (Å²) in [5.41, 5.74) is 3.30. The lowest BCUT2D eigenvalue weighted by Gasteiger charge is -2.27. The van der Waals surface area contributed by atoms with E-state index in [0.717, 1.165) is 29.1 Å². The molecule has 5 heteroatoms. The fourth-order valence-electron chi connectivity index (χ4n) is 3.77. The average molecular weight is 545 g/mol. The first-order valence-corrected chi connectivity index (χ1v) is 14.7. The lowest BCUT2D eigenvalue weighted by Crippen LogP contribution is -2.29. The molecule has 2 aromatic rings. The third kappa shape index (κ3) is 16.2. The van der Waals surface area contributed by atoms with Crippen molar-refractivity contribution < 1.29 is 13.6 Å². The summed E-state index contributed by atoms with van der Waals surface area (Å²) >= 11 is 0. The Morgan fingerprint density at radius 2 is 1.41 bits per heavy atom. The van der Waals surface area contributed by atoms with E-state index in [1.54, 1.807) is 25.1 Å². The van der Waals surface area contributed by atoms with Crippen molar-refractivity contribution in [3.63, 3.8) is 0 Å². The molecule has 0 saturated carbocycles. The van der Waals surface area contributed by atoms with Crippen molar-refractivity contribution in [2.75, 3.05) is 24.5 Å². The SMILES string of the molecule is C=C(c1cccc(C)c1)N(c1ccccc1C)C(F)F.CC(=O)CN1CCCCCC1.CCCC.CCCC. The maximum Gasteiger partial charge on any atom is 0.319 e. The number of unbranched alkanes of at least 4 members (excludes halogenated alkanes) is 2. The van der Waals surface area contributed by atoms with E-state index >= 15 is 0 Å². The van der Waals surface area contributed by atoms with Crippen LogP contribution in [0.5, 0.6) is 0 Å². The van der Waals surface area contributed by atoms with E-state index in [4.69, 9.17) is 0 Å². The average Bonchev–Trinajstić information content (AvgIpc) is 3.18. The lowest BCUT2D eigenvalue weighted by molar-refractivity contribution is -0.118. The normalized spacial score (nSPS) is 13.0. The van der Waals surface area contributed by atoms with Gasteiger partial charge in [0, 0.05) is 11.4 Å². The van der Waals surface area contributed by atoms with Crippen molar-refractivity contribution in [2.24, 2.45) is 0 Å². The molecule has 3 nitrogen and oxygen atoms in total. The molecule has 0 aliphatic carbocycles. The molecule has 0 unspecified atom stereocenters. The van der Waals surface area contributed by atoms with Crippen LogP contribution in [-0.2, 0) is 4.79 Å². The van der Waals surface area contributed by atoms with Gasteiger partial charge >= 0.3 is 6.55 Å². The summed E-state index contributed by atoms with van der Waals surface area (Å²) in [5, 5.41) is 0. The molecule has 0 radical (unpaired) electrons. The number of alkyl halides is 2. The van der Waals surface area contributed by atoms with Gasteiger partial charge in [0.25, 0.3) is 0 Å². The van der Waals surface area contributed by atoms with E-state index in [2.05, 4.69) is 39.2 Å². The molecule has 3 rings (SSSR count). The minimum Gasteiger partial charge on any atom is -0.299 e. The van der Waals surface area contributed by atoms with Gasteiger partial charge in [0.2, 0.25) is 0 Å². The second kappa shape index (κ2) is 22.3. The van der Waals surface area contributed by atoms with E-state index in [-0.39, 0.29) is 0 Å². The number of nitrogens with zero attached hydrogens (tertiary/aromatic N) is 2. The first-order valence-electron chi connectivity index (χ1n) is 14.7. The number of halogens is 2. The monoisotopic (exact) mass is 544 g/mol. The first kappa shape index (κ1) is 36.5. The third-order valence-electron chi connectivity index (χ3n) is 6.36. The van der Waals surface area contributed by atoms with Crippen molar-refractivity contribution in [3.05, 3.63) is 71.8 Å². The Kier molecular flexibility index (Phi) is 20.9. The number of Topliss-reactive ketones (excluding diaryl/α,β-unsaturated/α-hetero) is 1. The van der Waals surface area contributed by atoms with Crippen LogP contribution in [0.3, 0.4) is 0 Å². The van der Waals surface area contributed by atoms with E-state index in [1.807, 2.05) is 44.2 Å². The van der Waals surface area contributed by atoms with Gasteiger partial charge in [-0.15, -0.1) is 0 Å². The molecule has 1 saturated heterocycles. The highest BCUT2D eigenvalue weighted by Gasteiger charge is 2.22. The molecule has 0 spiro atoms. The zero-order chi connectivity index (χ0) is 29.6. The minimum absolute atomic E-state index is 0.298. The summed E-state index contributed by atoms with van der Waals surface area (Å²) < 4.78 is 26.9. The van der Waals surface area contributed by atoms with Crippen LogP contribution in [0.1, 0.15) is 103 Å². The molecular weight excluding hydrogens is 490 g/mol. The Bertz CT molecular complexity index is 913. The predicted molar refractivity (Wildman–Crippen MR) is 167 cm³/mol. The van der Waals surface area contributed by atoms with Crippen LogP contribution in [0.25, 0.3) is 5.70 Å². The second-order valence-electron chi connectivity index (χ2n) is 10.1. The quantitative estimate of drug-likeness (QED) is 0.309. The smallest absolute Gasteiger partial charge is 0.299 e. The minimum atomic E-state index is -2.64. The molecule has 1 heterocycles. The number of carbonyl (C=O) groups is 1. The number of ketones is 1. The van der Waals surface area contributed by atoms with Crippen molar-refractivity contribution in [1.82, 2.24) is 4.90 Å². The Morgan fingerprint density at radius 3 is 1.85 bits per heavy atom. The lowest BCUT2D eigenvalue weighted by atomic mass is 10.1. The number of para-hydroxylation sites is 1. The summed E-state index contributed by atoms with van der Waals surface area (Å²) in [4.78, 5) is 14.0. The molecule has 1 fully saturated rings. The number of hydrogen-bond donors (Lipinski definition) is 0. The van der Waals surface area contributed by atoms with Gasteiger partial charge in [-0.2, -0.15) is 8.78 Å². The molecular formula is C34H54F2N2O. The Balaban J connectivity index is 0.000000634. The van der Waals surface area contributed by atoms with Crippen molar-refractivity contribution in [3.8, 4) is 0 Å². The highest BCUT2D eigenvalue weighted by molar-refractivity contribution is 5.79. The molecule has 2 aromatic carbocycles. The first-order chi connectivity index (χ1) is 18.6. The number of anilines is 1. The fraction of sp³-hybridized carbons (Fsp3) is 0.559. The van der Waals surface area contributed by atoms with Gasteiger partial charge < -0.3 is 0 Å². The van der Waals surface area contributed by atoms with Gasteiger partial charge in [0.1, 0.15) is 5.78 Å². The number of likely N-dealkylation sites (tertiary alicyclic amines) is 1. The predicted octanol–water partition coefficient (Wildman–Crippen LogP) is 10.1. The van der Waals surface area contributed by atoms with Crippen LogP contribution >= 0.6 is 0 Å². The van der Waals surface area contributed by atoms with Crippen LogP contribution in [0, 0.1) is 13.8 Å². The number of benzene rings is 2. The van der Waals surface area contributed by atoms with Crippen LogP contribution in [0.4, 0.5) is 14.5 Å². The molecule has 0 atom stereocenters. The topological polar surface area (TPSA) is 23.6 Å². The summed E-state index contributed by atoms with van der Waals surface area (Å²) in [6, 6.07) is 14.5.